The first-order valence-corrected chi connectivity index (χ1v) is 4.61. The molecule has 0 bridgehead atoms. The quantitative estimate of drug-likeness (QED) is 0.852. The summed E-state index contributed by atoms with van der Waals surface area (Å²) in [7, 11) is 0. The highest BCUT2D eigenvalue weighted by Crippen LogP contribution is 2.25. The summed E-state index contributed by atoms with van der Waals surface area (Å²) in [6, 6.07) is 3.50. The molecule has 2 aromatic rings. The van der Waals surface area contributed by atoms with E-state index in [9.17, 15) is 0 Å². The van der Waals surface area contributed by atoms with Crippen LogP contribution in [-0.2, 0) is 0 Å². The lowest BCUT2D eigenvalue weighted by Crippen LogP contribution is -1.91. The maximum absolute atomic E-state index is 5.81. The second kappa shape index (κ2) is 3.90. The molecule has 0 atom stereocenters. The van der Waals surface area contributed by atoms with E-state index in [1.54, 1.807) is 18.3 Å². The lowest BCUT2D eigenvalue weighted by atomic mass is 10.4. The Morgan fingerprint density at radius 2 is 2.07 bits per heavy atom. The third-order valence-electron chi connectivity index (χ3n) is 1.60. The number of furan rings is 1. The molecule has 0 aliphatic heterocycles. The average Bonchev–Trinajstić information content (AvgIpc) is 2.56. The predicted molar refractivity (Wildman–Crippen MR) is 56.2 cm³/mol. The molecule has 0 unspecified atom stereocenters. The molecule has 0 spiro atoms. The standard InChI is InChI=1S/C9H6Cl2N2O/c10-6-1-2-9(12-3-6)13-8-5-14-4-7(8)11/h1-5H,(H,12,13). The highest BCUT2D eigenvalue weighted by Gasteiger charge is 2.02. The number of hydrogen-bond acceptors (Lipinski definition) is 3. The summed E-state index contributed by atoms with van der Waals surface area (Å²) in [5.74, 6) is 0.665. The SMILES string of the molecule is Clc1ccc(Nc2cocc2Cl)nc1. The van der Waals surface area contributed by atoms with Gasteiger partial charge in [-0.1, -0.05) is 23.2 Å². The van der Waals surface area contributed by atoms with Gasteiger partial charge < -0.3 is 9.73 Å². The Kier molecular flexibility index (Phi) is 2.61. The van der Waals surface area contributed by atoms with Crippen LogP contribution in [0.1, 0.15) is 0 Å². The molecule has 0 radical (unpaired) electrons. The van der Waals surface area contributed by atoms with Crippen molar-refractivity contribution in [3.8, 4) is 0 Å². The molecular formula is C9H6Cl2N2O. The first-order valence-electron chi connectivity index (χ1n) is 3.86. The molecular weight excluding hydrogens is 223 g/mol. The molecule has 0 aliphatic carbocycles. The zero-order chi connectivity index (χ0) is 9.97. The number of anilines is 2. The highest BCUT2D eigenvalue weighted by atomic mass is 35.5. The molecule has 1 N–H and O–H groups in total. The van der Waals surface area contributed by atoms with Crippen LogP contribution in [0.25, 0.3) is 0 Å². The molecule has 2 rings (SSSR count). The molecule has 0 aromatic carbocycles. The van der Waals surface area contributed by atoms with Gasteiger partial charge in [-0.15, -0.1) is 0 Å². The normalized spacial score (nSPS) is 10.1. The highest BCUT2D eigenvalue weighted by molar-refractivity contribution is 6.33. The van der Waals surface area contributed by atoms with Gasteiger partial charge in [0, 0.05) is 6.20 Å². The molecule has 0 fully saturated rings. The number of rotatable bonds is 2. The minimum Gasteiger partial charge on any atom is -0.469 e. The lowest BCUT2D eigenvalue weighted by Gasteiger charge is -2.01. The molecule has 5 heteroatoms. The van der Waals surface area contributed by atoms with Crippen molar-refractivity contribution < 1.29 is 4.42 Å². The fraction of sp³-hybridized carbons (Fsp3) is 0. The van der Waals surface area contributed by atoms with E-state index >= 15 is 0 Å². The largest absolute Gasteiger partial charge is 0.469 e. The minimum atomic E-state index is 0.516. The van der Waals surface area contributed by atoms with Crippen LogP contribution >= 0.6 is 23.2 Å². The molecule has 0 saturated carbocycles. The van der Waals surface area contributed by atoms with E-state index in [1.165, 1.54) is 12.5 Å². The van der Waals surface area contributed by atoms with Crippen LogP contribution in [-0.4, -0.2) is 4.98 Å². The molecule has 2 aromatic heterocycles. The van der Waals surface area contributed by atoms with E-state index in [0.29, 0.717) is 21.6 Å². The van der Waals surface area contributed by atoms with E-state index < -0.39 is 0 Å². The molecule has 72 valence electrons. The van der Waals surface area contributed by atoms with Gasteiger partial charge >= 0.3 is 0 Å². The zero-order valence-electron chi connectivity index (χ0n) is 7.00. The Morgan fingerprint density at radius 3 is 2.64 bits per heavy atom. The molecule has 0 saturated heterocycles. The summed E-state index contributed by atoms with van der Waals surface area (Å²) in [5.41, 5.74) is 0.682. The fourth-order valence-electron chi connectivity index (χ4n) is 0.958. The van der Waals surface area contributed by atoms with Crippen molar-refractivity contribution >= 4 is 34.7 Å². The Morgan fingerprint density at radius 1 is 1.21 bits per heavy atom. The molecule has 0 amide bonds. The van der Waals surface area contributed by atoms with Gasteiger partial charge in [0.25, 0.3) is 0 Å². The van der Waals surface area contributed by atoms with Gasteiger partial charge in [0.05, 0.1) is 10.7 Å². The monoisotopic (exact) mass is 228 g/mol. The van der Waals surface area contributed by atoms with Crippen molar-refractivity contribution in [1.29, 1.82) is 0 Å². The van der Waals surface area contributed by atoms with Crippen molar-refractivity contribution in [3.63, 3.8) is 0 Å². The van der Waals surface area contributed by atoms with Crippen LogP contribution in [0.4, 0.5) is 11.5 Å². The maximum atomic E-state index is 5.81. The van der Waals surface area contributed by atoms with Gasteiger partial charge in [-0.2, -0.15) is 0 Å². The summed E-state index contributed by atoms with van der Waals surface area (Å²) < 4.78 is 4.89. The first-order chi connectivity index (χ1) is 6.75. The summed E-state index contributed by atoms with van der Waals surface area (Å²) in [6.45, 7) is 0. The van der Waals surface area contributed by atoms with Crippen molar-refractivity contribution in [1.82, 2.24) is 4.98 Å². The van der Waals surface area contributed by atoms with Crippen LogP contribution in [0, 0.1) is 0 Å². The Hall–Kier alpha value is -1.19. The van der Waals surface area contributed by atoms with E-state index in [4.69, 9.17) is 27.6 Å². The number of halogens is 2. The number of aromatic nitrogens is 1. The van der Waals surface area contributed by atoms with Crippen molar-refractivity contribution in [2.24, 2.45) is 0 Å². The first kappa shape index (κ1) is 9.37. The Bertz CT molecular complexity index is 425. The predicted octanol–water partition coefficient (Wildman–Crippen LogP) is 3.73. The van der Waals surface area contributed by atoms with Gasteiger partial charge in [0.15, 0.2) is 0 Å². The van der Waals surface area contributed by atoms with Gasteiger partial charge in [0.2, 0.25) is 0 Å². The van der Waals surface area contributed by atoms with Crippen molar-refractivity contribution in [3.05, 3.63) is 40.9 Å². The average molecular weight is 229 g/mol. The van der Waals surface area contributed by atoms with Crippen molar-refractivity contribution in [2.45, 2.75) is 0 Å². The van der Waals surface area contributed by atoms with Gasteiger partial charge in [-0.25, -0.2) is 4.98 Å². The molecule has 3 nitrogen and oxygen atoms in total. The number of pyridine rings is 1. The van der Waals surface area contributed by atoms with E-state index in [1.807, 2.05) is 0 Å². The number of nitrogens with one attached hydrogen (secondary N) is 1. The Balaban J connectivity index is 2.19. The summed E-state index contributed by atoms with van der Waals surface area (Å²) in [6.07, 6.45) is 4.51. The summed E-state index contributed by atoms with van der Waals surface area (Å²) in [4.78, 5) is 4.05. The second-order valence-electron chi connectivity index (χ2n) is 2.62. The minimum absolute atomic E-state index is 0.516. The van der Waals surface area contributed by atoms with E-state index in [2.05, 4.69) is 10.3 Å². The van der Waals surface area contributed by atoms with Crippen molar-refractivity contribution in [2.75, 3.05) is 5.32 Å². The summed E-state index contributed by atoms with van der Waals surface area (Å²) in [5, 5.41) is 4.09. The van der Waals surface area contributed by atoms with Crippen LogP contribution < -0.4 is 5.32 Å². The summed E-state index contributed by atoms with van der Waals surface area (Å²) >= 11 is 11.5. The van der Waals surface area contributed by atoms with Gasteiger partial charge in [-0.3, -0.25) is 0 Å². The third-order valence-corrected chi connectivity index (χ3v) is 2.12. The molecule has 0 aliphatic rings. The third kappa shape index (κ3) is 2.00. The van der Waals surface area contributed by atoms with Gasteiger partial charge in [0.1, 0.15) is 23.4 Å². The Labute approximate surface area is 90.7 Å². The maximum Gasteiger partial charge on any atom is 0.130 e. The molecule has 2 heterocycles. The van der Waals surface area contributed by atoms with Crippen LogP contribution in [0.3, 0.4) is 0 Å². The molecule has 14 heavy (non-hydrogen) atoms. The number of hydrogen-bond donors (Lipinski definition) is 1. The van der Waals surface area contributed by atoms with E-state index in [-0.39, 0.29) is 0 Å². The lowest BCUT2D eigenvalue weighted by molar-refractivity contribution is 0.568. The van der Waals surface area contributed by atoms with E-state index in [0.717, 1.165) is 0 Å². The van der Waals surface area contributed by atoms with Crippen LogP contribution in [0.5, 0.6) is 0 Å². The van der Waals surface area contributed by atoms with Crippen LogP contribution in [0.15, 0.2) is 35.3 Å². The fourth-order valence-corrected chi connectivity index (χ4v) is 1.21. The topological polar surface area (TPSA) is 38.1 Å². The smallest absolute Gasteiger partial charge is 0.130 e. The van der Waals surface area contributed by atoms with Crippen LogP contribution in [0.2, 0.25) is 10.0 Å². The second-order valence-corrected chi connectivity index (χ2v) is 3.46. The number of nitrogens with zero attached hydrogens (tertiary/aromatic N) is 1. The van der Waals surface area contributed by atoms with Gasteiger partial charge in [-0.05, 0) is 12.1 Å². The zero-order valence-corrected chi connectivity index (χ0v) is 8.51.